The number of aromatic hydroxyl groups is 1. The van der Waals surface area contributed by atoms with Crippen LogP contribution >= 0.6 is 15.9 Å². The maximum atomic E-state index is 13.4. The number of hydrogen-bond donors (Lipinski definition) is 1. The summed E-state index contributed by atoms with van der Waals surface area (Å²) >= 11 is 3.42. The second-order valence-corrected chi connectivity index (χ2v) is 8.98. The number of rotatable bonds is 2. The highest BCUT2D eigenvalue weighted by atomic mass is 79.9. The van der Waals surface area contributed by atoms with Crippen LogP contribution in [0, 0.1) is 0 Å². The largest absolute Gasteiger partial charge is 0.493 e. The van der Waals surface area contributed by atoms with Gasteiger partial charge >= 0.3 is 5.69 Å². The molecule has 1 amide bonds. The van der Waals surface area contributed by atoms with Gasteiger partial charge in [0.05, 0.1) is 17.8 Å². The van der Waals surface area contributed by atoms with Gasteiger partial charge in [-0.25, -0.2) is 9.36 Å². The number of imidazole rings is 1. The molecule has 0 radical (unpaired) electrons. The van der Waals surface area contributed by atoms with Gasteiger partial charge in [-0.15, -0.1) is 0 Å². The lowest BCUT2D eigenvalue weighted by molar-refractivity contribution is 0.0711. The molecule has 6 nitrogen and oxygen atoms in total. The van der Waals surface area contributed by atoms with Crippen molar-refractivity contribution in [2.24, 2.45) is 0 Å². The Labute approximate surface area is 186 Å². The van der Waals surface area contributed by atoms with E-state index < -0.39 is 0 Å². The Bertz CT molecular complexity index is 1430. The molecule has 3 heterocycles. The quantitative estimate of drug-likeness (QED) is 0.467. The predicted octanol–water partition coefficient (Wildman–Crippen LogP) is 4.40. The molecule has 1 saturated heterocycles. The third-order valence-electron chi connectivity index (χ3n) is 6.40. The number of halogens is 1. The van der Waals surface area contributed by atoms with Crippen LogP contribution in [0.3, 0.4) is 0 Å². The van der Waals surface area contributed by atoms with E-state index in [1.807, 2.05) is 54.6 Å². The molecule has 2 bridgehead atoms. The van der Waals surface area contributed by atoms with Crippen molar-refractivity contribution >= 4 is 32.6 Å². The topological polar surface area (TPSA) is 67.5 Å². The summed E-state index contributed by atoms with van der Waals surface area (Å²) in [4.78, 5) is 28.3. The molecule has 2 aliphatic rings. The Balaban J connectivity index is 1.47. The van der Waals surface area contributed by atoms with Gasteiger partial charge < -0.3 is 10.0 Å². The molecule has 1 fully saturated rings. The van der Waals surface area contributed by atoms with Crippen molar-refractivity contribution in [3.63, 3.8) is 0 Å². The van der Waals surface area contributed by atoms with Gasteiger partial charge in [-0.2, -0.15) is 0 Å². The lowest BCUT2D eigenvalue weighted by Crippen LogP contribution is -2.37. The number of nitrogens with zero attached hydrogens (tertiary/aromatic N) is 3. The number of benzene rings is 3. The van der Waals surface area contributed by atoms with E-state index in [1.165, 1.54) is 4.57 Å². The van der Waals surface area contributed by atoms with E-state index in [1.54, 1.807) is 21.6 Å². The van der Waals surface area contributed by atoms with Gasteiger partial charge in [0.1, 0.15) is 5.69 Å². The molecular formula is C24H18BrN3O3. The summed E-state index contributed by atoms with van der Waals surface area (Å²) in [6.07, 6.45) is 0.647. The average molecular weight is 476 g/mol. The molecule has 1 unspecified atom stereocenters. The summed E-state index contributed by atoms with van der Waals surface area (Å²) < 4.78 is 3.89. The van der Waals surface area contributed by atoms with Gasteiger partial charge in [-0.1, -0.05) is 58.4 Å². The molecule has 154 valence electrons. The molecule has 3 aromatic carbocycles. The number of aromatic nitrogens is 2. The van der Waals surface area contributed by atoms with Crippen molar-refractivity contribution in [2.75, 3.05) is 6.54 Å². The Kier molecular flexibility index (Phi) is 3.92. The van der Waals surface area contributed by atoms with E-state index in [-0.39, 0.29) is 29.6 Å². The van der Waals surface area contributed by atoms with E-state index in [0.29, 0.717) is 29.9 Å². The average Bonchev–Trinajstić information content (AvgIpc) is 3.44. The number of hydrogen-bond acceptors (Lipinski definition) is 3. The Morgan fingerprint density at radius 1 is 1.03 bits per heavy atom. The fourth-order valence-corrected chi connectivity index (χ4v) is 5.48. The molecule has 4 aromatic rings. The zero-order chi connectivity index (χ0) is 21.3. The van der Waals surface area contributed by atoms with Crippen molar-refractivity contribution < 1.29 is 9.90 Å². The maximum absolute atomic E-state index is 13.4. The van der Waals surface area contributed by atoms with Gasteiger partial charge in [-0.05, 0) is 36.1 Å². The third kappa shape index (κ3) is 2.56. The standard InChI is InChI=1S/C24H18BrN3O3/c25-16-8-3-7-15(11-16)22(29)26-13-17-12-20(26)21-23(30)28(24(31)27(17)21)19-10-4-6-14-5-1-2-9-18(14)19/h1-11,17,20,30H,12-13H2/t17-,20?/m1/s1. The van der Waals surface area contributed by atoms with Crippen LogP contribution in [0.1, 0.15) is 34.6 Å². The van der Waals surface area contributed by atoms with Crippen molar-refractivity contribution in [1.82, 2.24) is 14.0 Å². The van der Waals surface area contributed by atoms with Crippen LogP contribution < -0.4 is 5.69 Å². The normalized spacial score (nSPS) is 19.2. The van der Waals surface area contributed by atoms with Crippen LogP contribution in [0.5, 0.6) is 5.88 Å². The molecular weight excluding hydrogens is 458 g/mol. The maximum Gasteiger partial charge on any atom is 0.336 e. The van der Waals surface area contributed by atoms with Gasteiger partial charge in [0.15, 0.2) is 0 Å². The minimum atomic E-state index is -0.319. The molecule has 0 saturated carbocycles. The van der Waals surface area contributed by atoms with Gasteiger partial charge in [0.2, 0.25) is 5.88 Å². The monoisotopic (exact) mass is 475 g/mol. The first-order valence-electron chi connectivity index (χ1n) is 10.2. The van der Waals surface area contributed by atoms with Crippen molar-refractivity contribution in [2.45, 2.75) is 18.5 Å². The molecule has 0 aliphatic carbocycles. The molecule has 31 heavy (non-hydrogen) atoms. The number of likely N-dealkylation sites (tertiary alicyclic amines) is 1. The van der Waals surface area contributed by atoms with E-state index in [4.69, 9.17) is 0 Å². The molecule has 2 aliphatic heterocycles. The lowest BCUT2D eigenvalue weighted by atomic mass is 10.1. The SMILES string of the molecule is O=C(c1cccc(Br)c1)N1C[C@H]2CC1c1c(O)n(-c3cccc4ccccc34)c(=O)n12. The first kappa shape index (κ1) is 18.4. The van der Waals surface area contributed by atoms with Crippen LogP contribution in [-0.4, -0.2) is 31.6 Å². The molecule has 7 heteroatoms. The molecule has 1 aromatic heterocycles. The number of amides is 1. The highest BCUT2D eigenvalue weighted by Gasteiger charge is 2.49. The second-order valence-electron chi connectivity index (χ2n) is 8.07. The minimum Gasteiger partial charge on any atom is -0.493 e. The Morgan fingerprint density at radius 3 is 2.65 bits per heavy atom. The Morgan fingerprint density at radius 2 is 1.81 bits per heavy atom. The number of fused-ring (bicyclic) bond motifs is 6. The first-order valence-corrected chi connectivity index (χ1v) is 10.9. The summed E-state index contributed by atoms with van der Waals surface area (Å²) in [6.45, 7) is 0.460. The molecule has 1 N–H and O–H groups in total. The molecule has 2 atom stereocenters. The van der Waals surface area contributed by atoms with Crippen molar-refractivity contribution in [1.29, 1.82) is 0 Å². The van der Waals surface area contributed by atoms with Crippen LogP contribution in [-0.2, 0) is 0 Å². The summed E-state index contributed by atoms with van der Waals surface area (Å²) in [5, 5.41) is 13.1. The van der Waals surface area contributed by atoms with E-state index in [0.717, 1.165) is 15.2 Å². The zero-order valence-corrected chi connectivity index (χ0v) is 18.0. The van der Waals surface area contributed by atoms with Crippen LogP contribution in [0.25, 0.3) is 16.5 Å². The van der Waals surface area contributed by atoms with Gasteiger partial charge in [0, 0.05) is 22.0 Å². The van der Waals surface area contributed by atoms with Crippen molar-refractivity contribution in [3.8, 4) is 11.6 Å². The van der Waals surface area contributed by atoms with Gasteiger partial charge in [0.25, 0.3) is 5.91 Å². The third-order valence-corrected chi connectivity index (χ3v) is 6.89. The highest BCUT2D eigenvalue weighted by molar-refractivity contribution is 9.10. The van der Waals surface area contributed by atoms with Crippen molar-refractivity contribution in [3.05, 3.63) is 92.9 Å². The number of carbonyl (C=O) groups is 1. The predicted molar refractivity (Wildman–Crippen MR) is 121 cm³/mol. The number of carbonyl (C=O) groups excluding carboxylic acids is 1. The smallest absolute Gasteiger partial charge is 0.336 e. The molecule has 6 rings (SSSR count). The van der Waals surface area contributed by atoms with Crippen LogP contribution in [0.4, 0.5) is 0 Å². The fourth-order valence-electron chi connectivity index (χ4n) is 5.08. The highest BCUT2D eigenvalue weighted by Crippen LogP contribution is 2.49. The minimum absolute atomic E-state index is 0.0828. The van der Waals surface area contributed by atoms with E-state index in [9.17, 15) is 14.7 Å². The summed E-state index contributed by atoms with van der Waals surface area (Å²) in [7, 11) is 0. The summed E-state index contributed by atoms with van der Waals surface area (Å²) in [5.74, 6) is -0.176. The van der Waals surface area contributed by atoms with E-state index in [2.05, 4.69) is 15.9 Å². The van der Waals surface area contributed by atoms with E-state index >= 15 is 0 Å². The second kappa shape index (κ2) is 6.59. The Hall–Kier alpha value is -3.32. The van der Waals surface area contributed by atoms with Crippen LogP contribution in [0.2, 0.25) is 0 Å². The molecule has 0 spiro atoms. The summed E-state index contributed by atoms with van der Waals surface area (Å²) in [5.41, 5.74) is 1.50. The van der Waals surface area contributed by atoms with Crippen LogP contribution in [0.15, 0.2) is 76.0 Å². The first-order chi connectivity index (χ1) is 15.0. The zero-order valence-electron chi connectivity index (χ0n) is 16.4. The summed E-state index contributed by atoms with van der Waals surface area (Å²) in [6, 6.07) is 20.3. The lowest BCUT2D eigenvalue weighted by Gasteiger charge is -2.27. The van der Waals surface area contributed by atoms with Gasteiger partial charge in [-0.3, -0.25) is 9.36 Å². The fraction of sp³-hybridized carbons (Fsp3) is 0.167.